The Morgan fingerprint density at radius 1 is 1.26 bits per heavy atom. The zero-order chi connectivity index (χ0) is 19.0. The molecule has 2 aromatic heterocycles. The van der Waals surface area contributed by atoms with Gasteiger partial charge in [-0.15, -0.1) is 0 Å². The lowest BCUT2D eigenvalue weighted by atomic mass is 10.1. The fourth-order valence-electron chi connectivity index (χ4n) is 2.57. The molecule has 2 aromatic rings. The van der Waals surface area contributed by atoms with Gasteiger partial charge < -0.3 is 13.9 Å². The van der Waals surface area contributed by atoms with Crippen LogP contribution in [0.5, 0.6) is 0 Å². The van der Waals surface area contributed by atoms with Gasteiger partial charge in [0.15, 0.2) is 5.16 Å². The van der Waals surface area contributed by atoms with Gasteiger partial charge in [0.05, 0.1) is 24.6 Å². The van der Waals surface area contributed by atoms with Crippen LogP contribution in [0.25, 0.3) is 16.9 Å². The molecule has 0 spiro atoms. The lowest BCUT2D eigenvalue weighted by Gasteiger charge is -2.12. The predicted molar refractivity (Wildman–Crippen MR) is 97.3 cm³/mol. The number of aryl methyl sites for hydroxylation is 1. The lowest BCUT2D eigenvalue weighted by molar-refractivity contribution is 0.0600. The second-order valence-electron chi connectivity index (χ2n) is 5.66. The second kappa shape index (κ2) is 6.72. The smallest absolute Gasteiger partial charge is 0.341 e. The van der Waals surface area contributed by atoms with E-state index in [-0.39, 0.29) is 16.8 Å². The normalized spacial score (nSPS) is 11.0. The van der Waals surface area contributed by atoms with Crippen molar-refractivity contribution >= 4 is 17.7 Å². The van der Waals surface area contributed by atoms with E-state index in [2.05, 4.69) is 20.2 Å². The number of pyridine rings is 2. The largest absolute Gasteiger partial charge is 0.465 e. The zero-order valence-corrected chi connectivity index (χ0v) is 15.2. The van der Waals surface area contributed by atoms with Gasteiger partial charge in [0, 0.05) is 31.8 Å². The number of hydrogen-bond donors (Lipinski definition) is 1. The van der Waals surface area contributed by atoms with Crippen molar-refractivity contribution < 1.29 is 9.53 Å². The summed E-state index contributed by atoms with van der Waals surface area (Å²) in [5.41, 5.74) is 1.08. The minimum atomic E-state index is -0.573. The Morgan fingerprint density at radius 3 is 2.78 bits per heavy atom. The first kappa shape index (κ1) is 17.0. The highest BCUT2D eigenvalue weighted by atomic mass is 32.2. The fraction of sp³-hybridized carbons (Fsp3) is 0.118. The molecule has 0 saturated carbocycles. The Kier molecular flexibility index (Phi) is 4.24. The Hall–Kier alpha value is -3.40. The van der Waals surface area contributed by atoms with Crippen LogP contribution in [-0.2, 0) is 11.8 Å². The number of H-pyrrole nitrogens is 1. The SMILES string of the molecule is COC(=O)c1cn(-c2ccc(Sc3nccn3C)nc2)cc2c(=O)[nH]nc1-2. The van der Waals surface area contributed by atoms with Crippen molar-refractivity contribution in [1.82, 2.24) is 29.3 Å². The molecule has 27 heavy (non-hydrogen) atoms. The molecular weight excluding hydrogens is 368 g/mol. The highest BCUT2D eigenvalue weighted by molar-refractivity contribution is 7.99. The number of nitrogens with zero attached hydrogens (tertiary/aromatic N) is 5. The van der Waals surface area contributed by atoms with Crippen LogP contribution >= 0.6 is 11.8 Å². The summed E-state index contributed by atoms with van der Waals surface area (Å²) >= 11 is 1.44. The van der Waals surface area contributed by atoms with Gasteiger partial charge in [0.2, 0.25) is 0 Å². The molecule has 0 saturated heterocycles. The summed E-state index contributed by atoms with van der Waals surface area (Å²) < 4.78 is 8.35. The summed E-state index contributed by atoms with van der Waals surface area (Å²) in [7, 11) is 3.19. The van der Waals surface area contributed by atoms with E-state index < -0.39 is 5.97 Å². The first-order valence-corrected chi connectivity index (χ1v) is 8.69. The summed E-state index contributed by atoms with van der Waals surface area (Å²) in [4.78, 5) is 32.7. The molecule has 4 rings (SSSR count). The Labute approximate surface area is 157 Å². The number of aromatic nitrogens is 6. The molecule has 10 heteroatoms. The molecule has 4 heterocycles. The van der Waals surface area contributed by atoms with Gasteiger partial charge in [-0.1, -0.05) is 0 Å². The van der Waals surface area contributed by atoms with Crippen LogP contribution in [0.2, 0.25) is 0 Å². The molecule has 2 aliphatic heterocycles. The van der Waals surface area contributed by atoms with Gasteiger partial charge in [-0.3, -0.25) is 4.79 Å². The predicted octanol–water partition coefficient (Wildman–Crippen LogP) is 1.73. The molecular formula is C17H14N6O3S. The molecule has 0 bridgehead atoms. The number of nitrogens with one attached hydrogen (secondary N) is 1. The number of esters is 1. The van der Waals surface area contributed by atoms with Gasteiger partial charge in [-0.25, -0.2) is 19.9 Å². The molecule has 2 aliphatic rings. The van der Waals surface area contributed by atoms with Gasteiger partial charge in [0.1, 0.15) is 16.3 Å². The molecule has 0 aliphatic carbocycles. The van der Waals surface area contributed by atoms with Gasteiger partial charge in [0.25, 0.3) is 5.56 Å². The molecule has 1 N–H and O–H groups in total. The maximum Gasteiger partial charge on any atom is 0.341 e. The van der Waals surface area contributed by atoms with Crippen molar-refractivity contribution in [3.05, 3.63) is 59.0 Å². The summed E-state index contributed by atoms with van der Waals surface area (Å²) in [6.07, 6.45) is 8.42. The van der Waals surface area contributed by atoms with E-state index in [0.29, 0.717) is 11.3 Å². The number of carbonyl (C=O) groups is 1. The van der Waals surface area contributed by atoms with E-state index in [0.717, 1.165) is 10.2 Å². The molecule has 0 aromatic carbocycles. The van der Waals surface area contributed by atoms with E-state index in [9.17, 15) is 9.59 Å². The topological polar surface area (TPSA) is 108 Å². The van der Waals surface area contributed by atoms with Crippen molar-refractivity contribution in [2.45, 2.75) is 10.2 Å². The van der Waals surface area contributed by atoms with Crippen LogP contribution in [-0.4, -0.2) is 42.4 Å². The third-order valence-electron chi connectivity index (χ3n) is 3.96. The van der Waals surface area contributed by atoms with E-state index in [1.807, 2.05) is 29.9 Å². The summed E-state index contributed by atoms with van der Waals surface area (Å²) in [5.74, 6) is -0.573. The first-order valence-electron chi connectivity index (χ1n) is 7.87. The minimum absolute atomic E-state index is 0.194. The third-order valence-corrected chi connectivity index (χ3v) is 4.98. The number of methoxy groups -OCH3 is 1. The number of fused-ring (bicyclic) bond motifs is 1. The van der Waals surface area contributed by atoms with Crippen LogP contribution in [0, 0.1) is 0 Å². The molecule has 0 fully saturated rings. The number of hydrogen-bond acceptors (Lipinski definition) is 7. The maximum absolute atomic E-state index is 12.1. The highest BCUT2D eigenvalue weighted by Crippen LogP contribution is 2.26. The van der Waals surface area contributed by atoms with Crippen LogP contribution in [0.15, 0.2) is 58.1 Å². The van der Waals surface area contributed by atoms with Crippen molar-refractivity contribution in [3.8, 4) is 16.9 Å². The number of carbonyl (C=O) groups excluding carboxylic acids is 1. The molecule has 0 amide bonds. The van der Waals surface area contributed by atoms with E-state index in [1.54, 1.807) is 29.4 Å². The Morgan fingerprint density at radius 2 is 2.11 bits per heavy atom. The number of rotatable bonds is 4. The van der Waals surface area contributed by atoms with Crippen molar-refractivity contribution in [2.75, 3.05) is 7.11 Å². The van der Waals surface area contributed by atoms with Gasteiger partial charge >= 0.3 is 5.97 Å². The summed E-state index contributed by atoms with van der Waals surface area (Å²) in [6, 6.07) is 3.69. The quantitative estimate of drug-likeness (QED) is 0.536. The molecule has 0 radical (unpaired) electrons. The first-order chi connectivity index (χ1) is 13.1. The molecule has 0 unspecified atom stereocenters. The Bertz CT molecular complexity index is 1140. The molecule has 0 atom stereocenters. The van der Waals surface area contributed by atoms with Crippen LogP contribution in [0.3, 0.4) is 0 Å². The van der Waals surface area contributed by atoms with Gasteiger partial charge in [-0.2, -0.15) is 5.10 Å². The minimum Gasteiger partial charge on any atom is -0.465 e. The standard InChI is InChI=1S/C17H14N6O3S/c1-22-6-5-18-17(22)27-13-4-3-10(7-19-13)23-8-11-14(20-21-15(11)24)12(9-23)16(25)26-2/h3-9H,1-2H3,(H,21,24). The molecule has 136 valence electrons. The maximum atomic E-state index is 12.1. The summed E-state index contributed by atoms with van der Waals surface area (Å²) in [6.45, 7) is 0. The lowest BCUT2D eigenvalue weighted by Crippen LogP contribution is -2.11. The highest BCUT2D eigenvalue weighted by Gasteiger charge is 2.22. The average Bonchev–Trinajstić information content (AvgIpc) is 3.27. The number of aromatic amines is 1. The van der Waals surface area contributed by atoms with Crippen LogP contribution < -0.4 is 5.56 Å². The Balaban J connectivity index is 1.72. The monoisotopic (exact) mass is 382 g/mol. The van der Waals surface area contributed by atoms with Crippen LogP contribution in [0.4, 0.5) is 0 Å². The van der Waals surface area contributed by atoms with Gasteiger partial charge in [-0.05, 0) is 23.9 Å². The number of imidazole rings is 1. The van der Waals surface area contributed by atoms with E-state index in [1.165, 1.54) is 18.9 Å². The molecule has 9 nitrogen and oxygen atoms in total. The number of ether oxygens (including phenoxy) is 1. The average molecular weight is 382 g/mol. The fourth-order valence-corrected chi connectivity index (χ4v) is 3.32. The zero-order valence-electron chi connectivity index (χ0n) is 14.4. The van der Waals surface area contributed by atoms with Crippen molar-refractivity contribution in [3.63, 3.8) is 0 Å². The van der Waals surface area contributed by atoms with Crippen LogP contribution in [0.1, 0.15) is 10.4 Å². The van der Waals surface area contributed by atoms with Crippen molar-refractivity contribution in [2.24, 2.45) is 7.05 Å². The van der Waals surface area contributed by atoms with E-state index >= 15 is 0 Å². The second-order valence-corrected chi connectivity index (χ2v) is 6.65. The summed E-state index contributed by atoms with van der Waals surface area (Å²) in [5, 5.41) is 7.86. The van der Waals surface area contributed by atoms with Crippen molar-refractivity contribution in [1.29, 1.82) is 0 Å². The third kappa shape index (κ3) is 3.10. The van der Waals surface area contributed by atoms with E-state index in [4.69, 9.17) is 4.74 Å².